The molecular weight excluding hydrogens is 1010 g/mol. The number of aliphatic hydroxyl groups is 11. The van der Waals surface area contributed by atoms with Crippen molar-refractivity contribution in [1.82, 2.24) is 5.32 Å². The Morgan fingerprint density at radius 1 is 0.474 bits per heavy atom. The predicted molar refractivity (Wildman–Crippen MR) is 295 cm³/mol. The lowest BCUT2D eigenvalue weighted by Gasteiger charge is -2.48. The first-order valence-electron chi connectivity index (χ1n) is 29.5. The van der Waals surface area contributed by atoms with Gasteiger partial charge in [-0.05, 0) is 57.8 Å². The lowest BCUT2D eigenvalue weighted by atomic mass is 9.96. The summed E-state index contributed by atoms with van der Waals surface area (Å²) in [4.78, 5) is 13.3. The third-order valence-corrected chi connectivity index (χ3v) is 14.6. The molecule has 17 unspecified atom stereocenters. The number of nitrogens with one attached hydrogen (secondary N) is 1. The van der Waals surface area contributed by atoms with Gasteiger partial charge in [-0.25, -0.2) is 0 Å². The molecule has 3 aliphatic rings. The normalized spacial score (nSPS) is 30.9. The van der Waals surface area contributed by atoms with Crippen LogP contribution in [0, 0.1) is 0 Å². The van der Waals surface area contributed by atoms with E-state index < -0.39 is 124 Å². The lowest BCUT2D eigenvalue weighted by Crippen LogP contribution is -2.66. The quantitative estimate of drug-likeness (QED) is 0.0287. The van der Waals surface area contributed by atoms with E-state index in [-0.39, 0.29) is 18.9 Å². The molecule has 0 aromatic heterocycles. The average Bonchev–Trinajstić information content (AvgIpc) is 3.45. The van der Waals surface area contributed by atoms with Crippen LogP contribution < -0.4 is 5.32 Å². The van der Waals surface area contributed by atoms with Crippen LogP contribution in [-0.2, 0) is 33.2 Å². The molecule has 0 aliphatic carbocycles. The summed E-state index contributed by atoms with van der Waals surface area (Å²) in [5.74, 6) is -0.302. The minimum Gasteiger partial charge on any atom is -0.394 e. The molecular formula is C59H103NO18. The van der Waals surface area contributed by atoms with Crippen molar-refractivity contribution in [3.8, 4) is 0 Å². The molecule has 3 rings (SSSR count). The van der Waals surface area contributed by atoms with Crippen LogP contribution in [0.4, 0.5) is 0 Å². The zero-order valence-electron chi connectivity index (χ0n) is 46.9. The summed E-state index contributed by atoms with van der Waals surface area (Å²) in [6.45, 7) is 1.57. The Bertz CT molecular complexity index is 1660. The maximum absolute atomic E-state index is 13.3. The van der Waals surface area contributed by atoms with Gasteiger partial charge in [0.15, 0.2) is 18.9 Å². The molecule has 0 saturated carbocycles. The zero-order chi connectivity index (χ0) is 56.9. The van der Waals surface area contributed by atoms with Crippen LogP contribution in [-0.4, -0.2) is 193 Å². The molecule has 19 nitrogen and oxygen atoms in total. The van der Waals surface area contributed by atoms with Crippen molar-refractivity contribution < 1.29 is 89.4 Å². The van der Waals surface area contributed by atoms with Crippen LogP contribution >= 0.6 is 0 Å². The molecule has 3 aliphatic heterocycles. The Balaban J connectivity index is 1.53. The number of hydrogen-bond acceptors (Lipinski definition) is 18. The van der Waals surface area contributed by atoms with Gasteiger partial charge in [0.05, 0.1) is 38.6 Å². The maximum atomic E-state index is 13.3. The number of allylic oxidation sites excluding steroid dienone is 9. The molecule has 0 spiro atoms. The summed E-state index contributed by atoms with van der Waals surface area (Å²) in [6, 6.07) is -0.987. The Kier molecular flexibility index (Phi) is 37.9. The molecule has 12 N–H and O–H groups in total. The number of aliphatic hydroxyl groups excluding tert-OH is 11. The number of carbonyl (C=O) groups is 1. The minimum absolute atomic E-state index is 0.213. The van der Waals surface area contributed by atoms with Crippen LogP contribution in [0.15, 0.2) is 60.8 Å². The van der Waals surface area contributed by atoms with E-state index in [2.05, 4.69) is 67.8 Å². The standard InChI is InChI=1S/C59H103NO18/c1-3-5-7-9-11-13-15-17-19-21-23-25-27-29-31-33-35-37-47(65)60-42(43(64)36-34-32-30-28-26-24-22-20-18-16-14-12-10-8-6-4-2)41-73-57-53(71)50(68)55(45(39-62)75-57)78-59-54(72)51(69)56(46(40-63)76-59)77-58-52(70)49(67)48(66)44(38-61)74-58/h5,7,11,13,17,19,23,25,34,36,42-46,48-59,61-64,66-72H,3-4,6,8-10,12,14-16,18,20-22,24,26-33,35,37-41H2,1-2H3,(H,60,65)/b7-5-,13-11-,19-17-,25-23-,36-34+. The minimum atomic E-state index is -1.98. The van der Waals surface area contributed by atoms with Crippen molar-refractivity contribution in [3.05, 3.63) is 60.8 Å². The van der Waals surface area contributed by atoms with Crippen molar-refractivity contribution >= 4 is 5.91 Å². The summed E-state index contributed by atoms with van der Waals surface area (Å²) < 4.78 is 34.2. The summed E-state index contributed by atoms with van der Waals surface area (Å²) in [6.07, 6.45) is 20.5. The van der Waals surface area contributed by atoms with Crippen LogP contribution in [0.1, 0.15) is 174 Å². The first kappa shape index (κ1) is 69.8. The second-order valence-electron chi connectivity index (χ2n) is 21.1. The van der Waals surface area contributed by atoms with E-state index >= 15 is 0 Å². The van der Waals surface area contributed by atoms with E-state index in [0.717, 1.165) is 77.0 Å². The monoisotopic (exact) mass is 1110 g/mol. The molecule has 452 valence electrons. The Labute approximate surface area is 465 Å². The summed E-state index contributed by atoms with van der Waals surface area (Å²) in [5, 5.41) is 120. The third kappa shape index (κ3) is 26.2. The molecule has 3 saturated heterocycles. The summed E-state index contributed by atoms with van der Waals surface area (Å²) in [5.41, 5.74) is 0. The van der Waals surface area contributed by atoms with Crippen molar-refractivity contribution in [1.29, 1.82) is 0 Å². The van der Waals surface area contributed by atoms with E-state index in [0.29, 0.717) is 6.42 Å². The fraction of sp³-hybridized carbons (Fsp3) is 0.814. The highest BCUT2D eigenvalue weighted by Gasteiger charge is 2.53. The van der Waals surface area contributed by atoms with E-state index in [1.54, 1.807) is 6.08 Å². The van der Waals surface area contributed by atoms with E-state index in [9.17, 15) is 61.0 Å². The molecule has 3 fully saturated rings. The SMILES string of the molecule is CC/C=C\C/C=C\C/C=C\C/C=C\CCCCCCC(=O)NC(COC1OC(CO)C(OC2OC(CO)C(OC3OC(CO)C(O)C(O)C3O)C(O)C2O)C(O)C1O)C(O)/C=C/CCCCCCCCCCCCCCCC. The number of carbonyl (C=O) groups excluding carboxylic acids is 1. The average molecular weight is 1110 g/mol. The molecule has 0 bridgehead atoms. The van der Waals surface area contributed by atoms with Crippen molar-refractivity contribution in [2.24, 2.45) is 0 Å². The molecule has 19 heteroatoms. The lowest BCUT2D eigenvalue weighted by molar-refractivity contribution is -0.379. The highest BCUT2D eigenvalue weighted by Crippen LogP contribution is 2.33. The van der Waals surface area contributed by atoms with E-state index in [1.807, 2.05) is 6.08 Å². The van der Waals surface area contributed by atoms with Gasteiger partial charge in [-0.2, -0.15) is 0 Å². The third-order valence-electron chi connectivity index (χ3n) is 14.6. The van der Waals surface area contributed by atoms with Crippen LogP contribution in [0.3, 0.4) is 0 Å². The summed E-state index contributed by atoms with van der Waals surface area (Å²) in [7, 11) is 0. The Hall–Kier alpha value is -2.51. The van der Waals surface area contributed by atoms with E-state index in [4.69, 9.17) is 28.4 Å². The van der Waals surface area contributed by atoms with Crippen molar-refractivity contribution in [3.63, 3.8) is 0 Å². The highest BCUT2D eigenvalue weighted by molar-refractivity contribution is 5.76. The van der Waals surface area contributed by atoms with Gasteiger partial charge in [0.1, 0.15) is 73.2 Å². The zero-order valence-corrected chi connectivity index (χ0v) is 46.9. The number of unbranched alkanes of at least 4 members (excludes halogenated alkanes) is 18. The van der Waals surface area contributed by atoms with Gasteiger partial charge in [-0.1, -0.05) is 171 Å². The topological polar surface area (TPSA) is 307 Å². The van der Waals surface area contributed by atoms with Crippen molar-refractivity contribution in [2.75, 3.05) is 26.4 Å². The number of amides is 1. The van der Waals surface area contributed by atoms with Gasteiger partial charge in [0.2, 0.25) is 5.91 Å². The molecule has 1 amide bonds. The van der Waals surface area contributed by atoms with Gasteiger partial charge in [0, 0.05) is 6.42 Å². The highest BCUT2D eigenvalue weighted by atomic mass is 16.8. The van der Waals surface area contributed by atoms with Gasteiger partial charge in [-0.3, -0.25) is 4.79 Å². The Morgan fingerprint density at radius 2 is 0.885 bits per heavy atom. The smallest absolute Gasteiger partial charge is 0.220 e. The number of hydrogen-bond donors (Lipinski definition) is 12. The van der Waals surface area contributed by atoms with Gasteiger partial charge >= 0.3 is 0 Å². The fourth-order valence-corrected chi connectivity index (χ4v) is 9.71. The first-order chi connectivity index (χ1) is 37.8. The van der Waals surface area contributed by atoms with E-state index in [1.165, 1.54) is 70.6 Å². The fourth-order valence-electron chi connectivity index (χ4n) is 9.71. The Morgan fingerprint density at radius 3 is 1.38 bits per heavy atom. The molecule has 17 atom stereocenters. The van der Waals surface area contributed by atoms with Gasteiger partial charge in [0.25, 0.3) is 0 Å². The second kappa shape index (κ2) is 42.3. The second-order valence-corrected chi connectivity index (χ2v) is 21.1. The van der Waals surface area contributed by atoms with Crippen molar-refractivity contribution in [2.45, 2.75) is 279 Å². The van der Waals surface area contributed by atoms with Crippen LogP contribution in [0.2, 0.25) is 0 Å². The van der Waals surface area contributed by atoms with Crippen LogP contribution in [0.25, 0.3) is 0 Å². The number of ether oxygens (including phenoxy) is 6. The summed E-state index contributed by atoms with van der Waals surface area (Å²) >= 11 is 0. The van der Waals surface area contributed by atoms with Crippen LogP contribution in [0.5, 0.6) is 0 Å². The van der Waals surface area contributed by atoms with Gasteiger partial charge in [-0.15, -0.1) is 0 Å². The molecule has 0 aromatic rings. The first-order valence-corrected chi connectivity index (χ1v) is 29.5. The molecule has 0 radical (unpaired) electrons. The number of rotatable bonds is 42. The molecule has 0 aromatic carbocycles. The largest absolute Gasteiger partial charge is 0.394 e. The molecule has 78 heavy (non-hydrogen) atoms. The predicted octanol–water partition coefficient (Wildman–Crippen LogP) is 4.87. The molecule has 3 heterocycles. The maximum Gasteiger partial charge on any atom is 0.220 e. The van der Waals surface area contributed by atoms with Gasteiger partial charge < -0.3 is 89.9 Å².